The van der Waals surface area contributed by atoms with Crippen molar-refractivity contribution in [2.24, 2.45) is 11.8 Å². The molecule has 2 rings (SSSR count). The van der Waals surface area contributed by atoms with Crippen LogP contribution in [-0.2, 0) is 4.74 Å². The van der Waals surface area contributed by atoms with Gasteiger partial charge >= 0.3 is 0 Å². The van der Waals surface area contributed by atoms with Gasteiger partial charge in [-0.1, -0.05) is 38.8 Å². The molecule has 2 unspecified atom stereocenters. The van der Waals surface area contributed by atoms with Crippen LogP contribution in [0.5, 0.6) is 0 Å². The molecule has 0 bridgehead atoms. The van der Waals surface area contributed by atoms with Crippen molar-refractivity contribution in [2.45, 2.75) is 52.4 Å². The second-order valence-electron chi connectivity index (χ2n) is 6.33. The summed E-state index contributed by atoms with van der Waals surface area (Å²) in [5.41, 5.74) is 0. The molecule has 1 fully saturated rings. The highest BCUT2D eigenvalue weighted by Gasteiger charge is 2.22. The molecular formula is C18H31NO. The maximum atomic E-state index is 6.09. The molecule has 20 heavy (non-hydrogen) atoms. The summed E-state index contributed by atoms with van der Waals surface area (Å²) < 4.78 is 6.09. The first kappa shape index (κ1) is 15.6. The molecule has 1 aliphatic carbocycles. The maximum absolute atomic E-state index is 6.09. The predicted octanol–water partition coefficient (Wildman–Crippen LogP) is 4.39. The molecule has 0 radical (unpaired) electrons. The number of ether oxygens (including phenoxy) is 1. The van der Waals surface area contributed by atoms with Gasteiger partial charge in [0.2, 0.25) is 0 Å². The van der Waals surface area contributed by atoms with Crippen LogP contribution in [0.25, 0.3) is 0 Å². The van der Waals surface area contributed by atoms with Gasteiger partial charge in [-0.3, -0.25) is 0 Å². The van der Waals surface area contributed by atoms with Crippen molar-refractivity contribution in [1.82, 2.24) is 4.90 Å². The number of allylic oxidation sites excluding steroid dienone is 4. The molecule has 1 saturated heterocycles. The average molecular weight is 277 g/mol. The van der Waals surface area contributed by atoms with Gasteiger partial charge in [0.25, 0.3) is 0 Å². The van der Waals surface area contributed by atoms with Gasteiger partial charge < -0.3 is 9.64 Å². The molecule has 0 aromatic heterocycles. The van der Waals surface area contributed by atoms with Crippen LogP contribution >= 0.6 is 0 Å². The van der Waals surface area contributed by atoms with Crippen LogP contribution < -0.4 is 0 Å². The fourth-order valence-electron chi connectivity index (χ4n) is 3.24. The molecule has 2 nitrogen and oxygen atoms in total. The normalized spacial score (nSPS) is 25.3. The summed E-state index contributed by atoms with van der Waals surface area (Å²) in [4.78, 5) is 2.59. The van der Waals surface area contributed by atoms with Gasteiger partial charge in [0, 0.05) is 12.5 Å². The topological polar surface area (TPSA) is 12.5 Å². The number of hydrogen-bond acceptors (Lipinski definition) is 2. The molecule has 2 aliphatic rings. The molecule has 2 heteroatoms. The van der Waals surface area contributed by atoms with E-state index in [1.165, 1.54) is 51.1 Å². The molecule has 0 aromatic carbocycles. The minimum absolute atomic E-state index is 0.597. The minimum Gasteiger partial charge on any atom is -0.498 e. The quantitative estimate of drug-likeness (QED) is 0.640. The standard InChI is InChI=1S/C18H31NO/c1-3-16(2)17-10-5-6-11-18(17)20-15-9-14-19-12-7-4-8-13-19/h5-6,11,16-17H,3-4,7-10,12-15H2,1-2H3. The van der Waals surface area contributed by atoms with E-state index in [9.17, 15) is 0 Å². The van der Waals surface area contributed by atoms with Gasteiger partial charge in [-0.25, -0.2) is 0 Å². The summed E-state index contributed by atoms with van der Waals surface area (Å²) in [6, 6.07) is 0. The highest BCUT2D eigenvalue weighted by atomic mass is 16.5. The van der Waals surface area contributed by atoms with Crippen molar-refractivity contribution >= 4 is 0 Å². The van der Waals surface area contributed by atoms with Gasteiger partial charge in [0.1, 0.15) is 0 Å². The summed E-state index contributed by atoms with van der Waals surface area (Å²) in [5, 5.41) is 0. The molecule has 114 valence electrons. The lowest BCUT2D eigenvalue weighted by Crippen LogP contribution is -2.31. The van der Waals surface area contributed by atoms with E-state index in [0.717, 1.165) is 19.4 Å². The molecule has 1 aliphatic heterocycles. The van der Waals surface area contributed by atoms with Crippen LogP contribution in [0.4, 0.5) is 0 Å². The first-order chi connectivity index (χ1) is 9.81. The van der Waals surface area contributed by atoms with E-state index in [1.807, 2.05) is 0 Å². The Bertz CT molecular complexity index is 328. The SMILES string of the molecule is CCC(C)C1CC=CC=C1OCCCN1CCCCC1. The highest BCUT2D eigenvalue weighted by Crippen LogP contribution is 2.30. The lowest BCUT2D eigenvalue weighted by Gasteiger charge is -2.28. The molecule has 0 N–H and O–H groups in total. The van der Waals surface area contributed by atoms with E-state index in [4.69, 9.17) is 4.74 Å². The number of rotatable bonds is 7. The zero-order valence-electron chi connectivity index (χ0n) is 13.3. The number of hydrogen-bond donors (Lipinski definition) is 0. The number of piperidine rings is 1. The Morgan fingerprint density at radius 1 is 1.30 bits per heavy atom. The Balaban J connectivity index is 1.69. The third-order valence-corrected chi connectivity index (χ3v) is 4.82. The maximum Gasteiger partial charge on any atom is 0.0996 e. The Kier molecular flexibility index (Phi) is 6.65. The summed E-state index contributed by atoms with van der Waals surface area (Å²) in [7, 11) is 0. The second kappa shape index (κ2) is 8.51. The first-order valence-corrected chi connectivity index (χ1v) is 8.53. The first-order valence-electron chi connectivity index (χ1n) is 8.53. The summed E-state index contributed by atoms with van der Waals surface area (Å²) in [5.74, 6) is 2.54. The average Bonchev–Trinajstić information content (AvgIpc) is 2.52. The molecular weight excluding hydrogens is 246 g/mol. The zero-order chi connectivity index (χ0) is 14.2. The fraction of sp³-hybridized carbons (Fsp3) is 0.778. The Morgan fingerprint density at radius 3 is 2.85 bits per heavy atom. The van der Waals surface area contributed by atoms with Gasteiger partial charge in [-0.2, -0.15) is 0 Å². The van der Waals surface area contributed by atoms with E-state index < -0.39 is 0 Å². The van der Waals surface area contributed by atoms with E-state index in [2.05, 4.69) is 37.0 Å². The number of nitrogens with zero attached hydrogens (tertiary/aromatic N) is 1. The van der Waals surface area contributed by atoms with Gasteiger partial charge in [0.05, 0.1) is 12.4 Å². The van der Waals surface area contributed by atoms with Crippen LogP contribution in [0, 0.1) is 11.8 Å². The summed E-state index contributed by atoms with van der Waals surface area (Å²) in [6.45, 7) is 9.29. The summed E-state index contributed by atoms with van der Waals surface area (Å²) in [6.07, 6.45) is 14.3. The number of likely N-dealkylation sites (tertiary alicyclic amines) is 1. The van der Waals surface area contributed by atoms with Crippen LogP contribution in [0.1, 0.15) is 52.4 Å². The zero-order valence-corrected chi connectivity index (χ0v) is 13.3. The van der Waals surface area contributed by atoms with Crippen molar-refractivity contribution < 1.29 is 4.74 Å². The second-order valence-corrected chi connectivity index (χ2v) is 6.33. The van der Waals surface area contributed by atoms with Crippen LogP contribution in [-0.4, -0.2) is 31.1 Å². The molecule has 2 atom stereocenters. The summed E-state index contributed by atoms with van der Waals surface area (Å²) >= 11 is 0. The van der Waals surface area contributed by atoms with Crippen LogP contribution in [0.2, 0.25) is 0 Å². The fourth-order valence-corrected chi connectivity index (χ4v) is 3.24. The van der Waals surface area contributed by atoms with Crippen molar-refractivity contribution in [1.29, 1.82) is 0 Å². The van der Waals surface area contributed by atoms with E-state index >= 15 is 0 Å². The monoisotopic (exact) mass is 277 g/mol. The smallest absolute Gasteiger partial charge is 0.0996 e. The minimum atomic E-state index is 0.597. The molecule has 0 spiro atoms. The highest BCUT2D eigenvalue weighted by molar-refractivity contribution is 5.17. The lowest BCUT2D eigenvalue weighted by atomic mass is 9.85. The van der Waals surface area contributed by atoms with Gasteiger partial charge in [-0.15, -0.1) is 0 Å². The molecule has 1 heterocycles. The van der Waals surface area contributed by atoms with Crippen molar-refractivity contribution in [3.05, 3.63) is 24.0 Å². The van der Waals surface area contributed by atoms with E-state index in [0.29, 0.717) is 11.8 Å². The largest absolute Gasteiger partial charge is 0.498 e. The van der Waals surface area contributed by atoms with Crippen molar-refractivity contribution in [3.63, 3.8) is 0 Å². The van der Waals surface area contributed by atoms with Crippen LogP contribution in [0.15, 0.2) is 24.0 Å². The van der Waals surface area contributed by atoms with Crippen molar-refractivity contribution in [2.75, 3.05) is 26.2 Å². The predicted molar refractivity (Wildman–Crippen MR) is 85.6 cm³/mol. The molecule has 0 amide bonds. The van der Waals surface area contributed by atoms with Crippen LogP contribution in [0.3, 0.4) is 0 Å². The third kappa shape index (κ3) is 4.66. The Labute approximate surface area is 124 Å². The Hall–Kier alpha value is -0.760. The van der Waals surface area contributed by atoms with E-state index in [1.54, 1.807) is 0 Å². The Morgan fingerprint density at radius 2 is 2.10 bits per heavy atom. The third-order valence-electron chi connectivity index (χ3n) is 4.82. The van der Waals surface area contributed by atoms with Gasteiger partial charge in [0.15, 0.2) is 0 Å². The van der Waals surface area contributed by atoms with Crippen molar-refractivity contribution in [3.8, 4) is 0 Å². The lowest BCUT2D eigenvalue weighted by molar-refractivity contribution is 0.135. The molecule has 0 aromatic rings. The molecule has 0 saturated carbocycles. The van der Waals surface area contributed by atoms with E-state index in [-0.39, 0.29) is 0 Å². The van der Waals surface area contributed by atoms with Gasteiger partial charge in [-0.05, 0) is 50.8 Å².